The van der Waals surface area contributed by atoms with Gasteiger partial charge in [0.2, 0.25) is 0 Å². The number of likely N-dealkylation sites (tertiary alicyclic amines) is 1. The Morgan fingerprint density at radius 2 is 2.27 bits per heavy atom. The van der Waals surface area contributed by atoms with Crippen molar-refractivity contribution in [3.8, 4) is 0 Å². The maximum Gasteiger partial charge on any atom is 0.108 e. The number of fused-ring (bicyclic) bond motifs is 1. The molecule has 1 fully saturated rings. The Hall–Kier alpha value is -2.21. The maximum atomic E-state index is 5.77. The fourth-order valence-electron chi connectivity index (χ4n) is 2.77. The zero-order chi connectivity index (χ0) is 15.4. The van der Waals surface area contributed by atoms with Gasteiger partial charge in [-0.2, -0.15) is 5.10 Å². The maximum absolute atomic E-state index is 5.77. The van der Waals surface area contributed by atoms with Crippen molar-refractivity contribution in [3.63, 3.8) is 0 Å². The molecule has 0 aliphatic carbocycles. The molecule has 3 heterocycles. The molecule has 0 aromatic carbocycles. The number of H-pyrrole nitrogens is 1. The van der Waals surface area contributed by atoms with Crippen LogP contribution in [0.1, 0.15) is 25.3 Å². The van der Waals surface area contributed by atoms with E-state index < -0.39 is 0 Å². The van der Waals surface area contributed by atoms with Crippen LogP contribution in [0.15, 0.2) is 29.7 Å². The highest BCUT2D eigenvalue weighted by atomic mass is 15.1. The predicted octanol–water partition coefficient (Wildman–Crippen LogP) is 1.81. The number of pyridine rings is 1. The van der Waals surface area contributed by atoms with Crippen molar-refractivity contribution in [3.05, 3.63) is 30.2 Å². The monoisotopic (exact) mass is 298 g/mol. The highest BCUT2D eigenvalue weighted by Gasteiger charge is 2.16. The van der Waals surface area contributed by atoms with Crippen LogP contribution >= 0.6 is 0 Å². The Bertz CT molecular complexity index is 679. The van der Waals surface area contributed by atoms with Gasteiger partial charge in [-0.25, -0.2) is 0 Å². The fraction of sp³-hybridized carbons (Fsp3) is 0.438. The van der Waals surface area contributed by atoms with Gasteiger partial charge in [-0.15, -0.1) is 0 Å². The summed E-state index contributed by atoms with van der Waals surface area (Å²) in [6.07, 6.45) is 9.21. The smallest absolute Gasteiger partial charge is 0.108 e. The van der Waals surface area contributed by atoms with Crippen molar-refractivity contribution in [1.82, 2.24) is 20.1 Å². The highest BCUT2D eigenvalue weighted by molar-refractivity contribution is 6.10. The largest absolute Gasteiger partial charge is 0.404 e. The van der Waals surface area contributed by atoms with Gasteiger partial charge in [0.15, 0.2) is 0 Å². The fourth-order valence-corrected chi connectivity index (χ4v) is 2.77. The summed E-state index contributed by atoms with van der Waals surface area (Å²) in [5.41, 5.74) is 9.37. The molecule has 3 N–H and O–H groups in total. The van der Waals surface area contributed by atoms with Gasteiger partial charge in [-0.3, -0.25) is 15.1 Å². The number of nitrogens with zero attached hydrogens (tertiary/aromatic N) is 4. The third-order valence-corrected chi connectivity index (χ3v) is 4.23. The quantitative estimate of drug-likeness (QED) is 0.843. The lowest BCUT2D eigenvalue weighted by atomic mass is 10.1. The van der Waals surface area contributed by atoms with Crippen LogP contribution in [0.2, 0.25) is 0 Å². The molecule has 0 spiro atoms. The van der Waals surface area contributed by atoms with Crippen molar-refractivity contribution in [2.45, 2.75) is 25.8 Å². The first-order valence-electron chi connectivity index (χ1n) is 7.77. The number of aliphatic imine (C=N–C) groups is 1. The molecule has 116 valence electrons. The summed E-state index contributed by atoms with van der Waals surface area (Å²) in [5, 5.41) is 6.91. The molecule has 1 aliphatic rings. The number of hydrogen-bond donors (Lipinski definition) is 2. The van der Waals surface area contributed by atoms with Gasteiger partial charge in [0.25, 0.3) is 0 Å². The van der Waals surface area contributed by atoms with Crippen LogP contribution in [0.5, 0.6) is 0 Å². The second kappa shape index (κ2) is 6.70. The molecule has 1 aliphatic heterocycles. The lowest BCUT2D eigenvalue weighted by Crippen LogP contribution is -2.35. The molecule has 3 rings (SSSR count). The van der Waals surface area contributed by atoms with Crippen LogP contribution in [0.4, 0.5) is 0 Å². The average molecular weight is 298 g/mol. The third-order valence-electron chi connectivity index (χ3n) is 4.23. The number of allylic oxidation sites excluding steroid dienone is 1. The predicted molar refractivity (Wildman–Crippen MR) is 89.7 cm³/mol. The number of aromatic amines is 1. The van der Waals surface area contributed by atoms with E-state index in [2.05, 4.69) is 27.0 Å². The van der Waals surface area contributed by atoms with Crippen LogP contribution in [-0.2, 0) is 0 Å². The third kappa shape index (κ3) is 3.17. The molecule has 1 saturated heterocycles. The van der Waals surface area contributed by atoms with Crippen molar-refractivity contribution in [2.75, 3.05) is 19.6 Å². The SMILES string of the molecule is CCN1CCC(N=CC(=CN)c2cnc3cn[nH]c3c2)CC1. The lowest BCUT2D eigenvalue weighted by Gasteiger charge is -2.28. The number of nitrogens with one attached hydrogen (secondary N) is 1. The molecule has 0 unspecified atom stereocenters. The Kier molecular flexibility index (Phi) is 4.48. The molecule has 0 radical (unpaired) electrons. The van der Waals surface area contributed by atoms with Crippen molar-refractivity contribution >= 4 is 22.8 Å². The van der Waals surface area contributed by atoms with Crippen LogP contribution in [0, 0.1) is 0 Å². The van der Waals surface area contributed by atoms with Crippen molar-refractivity contribution in [2.24, 2.45) is 10.7 Å². The summed E-state index contributed by atoms with van der Waals surface area (Å²) in [4.78, 5) is 11.5. The zero-order valence-corrected chi connectivity index (χ0v) is 12.9. The minimum Gasteiger partial charge on any atom is -0.404 e. The molecule has 22 heavy (non-hydrogen) atoms. The van der Waals surface area contributed by atoms with E-state index in [4.69, 9.17) is 10.7 Å². The van der Waals surface area contributed by atoms with Crippen molar-refractivity contribution in [1.29, 1.82) is 0 Å². The van der Waals surface area contributed by atoms with Gasteiger partial charge in [0.1, 0.15) is 5.52 Å². The van der Waals surface area contributed by atoms with E-state index in [0.717, 1.165) is 54.6 Å². The van der Waals surface area contributed by atoms with Crippen LogP contribution in [0.25, 0.3) is 16.6 Å². The van der Waals surface area contributed by atoms with Gasteiger partial charge >= 0.3 is 0 Å². The summed E-state index contributed by atoms with van der Waals surface area (Å²) in [6, 6.07) is 2.39. The number of aromatic nitrogens is 3. The molecule has 2 aromatic heterocycles. The molecule has 0 amide bonds. The molecular weight excluding hydrogens is 276 g/mol. The van der Waals surface area contributed by atoms with Gasteiger partial charge in [0.05, 0.1) is 17.8 Å². The minimum absolute atomic E-state index is 0.390. The molecule has 6 nitrogen and oxygen atoms in total. The van der Waals surface area contributed by atoms with Gasteiger partial charge < -0.3 is 10.6 Å². The van der Waals surface area contributed by atoms with E-state index in [1.54, 1.807) is 12.4 Å². The molecule has 2 aromatic rings. The van der Waals surface area contributed by atoms with Crippen molar-refractivity contribution < 1.29 is 0 Å². The Balaban J connectivity index is 1.70. The van der Waals surface area contributed by atoms with E-state index in [-0.39, 0.29) is 0 Å². The van der Waals surface area contributed by atoms with Gasteiger partial charge in [0, 0.05) is 42.8 Å². The first-order valence-corrected chi connectivity index (χ1v) is 7.77. The van der Waals surface area contributed by atoms with Crippen LogP contribution in [-0.4, -0.2) is 52.0 Å². The standard InChI is InChI=1S/C16H22N6/c1-2-22-5-3-14(4-6-22)18-10-13(8-17)12-7-15-16(19-9-12)11-20-21-15/h7-11,14H,2-6,17H2,1H3,(H,20,21). The summed E-state index contributed by atoms with van der Waals surface area (Å²) in [5.74, 6) is 0. The highest BCUT2D eigenvalue weighted by Crippen LogP contribution is 2.17. The first kappa shape index (κ1) is 14.7. The number of hydrogen-bond acceptors (Lipinski definition) is 5. The van der Waals surface area contributed by atoms with E-state index in [9.17, 15) is 0 Å². The van der Waals surface area contributed by atoms with Gasteiger partial charge in [-0.1, -0.05) is 6.92 Å². The second-order valence-electron chi connectivity index (χ2n) is 5.59. The van der Waals surface area contributed by atoms with Crippen LogP contribution < -0.4 is 5.73 Å². The Labute approximate surface area is 130 Å². The number of piperidine rings is 1. The first-order chi connectivity index (χ1) is 10.8. The molecular formula is C16H22N6. The lowest BCUT2D eigenvalue weighted by molar-refractivity contribution is 0.224. The molecule has 6 heteroatoms. The second-order valence-corrected chi connectivity index (χ2v) is 5.59. The Morgan fingerprint density at radius 3 is 3.00 bits per heavy atom. The van der Waals surface area contributed by atoms with E-state index in [0.29, 0.717) is 6.04 Å². The zero-order valence-electron chi connectivity index (χ0n) is 12.9. The van der Waals surface area contributed by atoms with E-state index in [1.807, 2.05) is 18.5 Å². The van der Waals surface area contributed by atoms with Crippen LogP contribution in [0.3, 0.4) is 0 Å². The van der Waals surface area contributed by atoms with E-state index >= 15 is 0 Å². The minimum atomic E-state index is 0.390. The number of nitrogens with two attached hydrogens (primary N) is 1. The topological polar surface area (TPSA) is 83.2 Å². The van der Waals surface area contributed by atoms with Gasteiger partial charge in [-0.05, 0) is 25.5 Å². The summed E-state index contributed by atoms with van der Waals surface area (Å²) >= 11 is 0. The molecule has 0 atom stereocenters. The summed E-state index contributed by atoms with van der Waals surface area (Å²) < 4.78 is 0. The number of rotatable bonds is 4. The molecule has 0 saturated carbocycles. The average Bonchev–Trinajstić information content (AvgIpc) is 3.04. The summed E-state index contributed by atoms with van der Waals surface area (Å²) in [6.45, 7) is 5.58. The van der Waals surface area contributed by atoms with E-state index in [1.165, 1.54) is 0 Å². The molecule has 0 bridgehead atoms. The Morgan fingerprint density at radius 1 is 1.45 bits per heavy atom. The summed E-state index contributed by atoms with van der Waals surface area (Å²) in [7, 11) is 0. The normalized spacial score (nSPS) is 18.5.